The normalized spacial score (nSPS) is 20.1. The lowest BCUT2D eigenvalue weighted by molar-refractivity contribution is -0.138. The molecule has 1 heterocycles. The Morgan fingerprint density at radius 2 is 1.82 bits per heavy atom. The van der Waals surface area contributed by atoms with Crippen molar-refractivity contribution in [3.8, 4) is 0 Å². The van der Waals surface area contributed by atoms with Crippen molar-refractivity contribution in [1.29, 1.82) is 0 Å². The van der Waals surface area contributed by atoms with Crippen molar-refractivity contribution in [1.82, 2.24) is 10.2 Å². The third-order valence-corrected chi connectivity index (χ3v) is 3.34. The monoisotopic (exact) mass is 242 g/mol. The van der Waals surface area contributed by atoms with Gasteiger partial charge in [0.05, 0.1) is 5.60 Å². The van der Waals surface area contributed by atoms with Crippen LogP contribution in [0.1, 0.15) is 40.5 Å². The van der Waals surface area contributed by atoms with Gasteiger partial charge in [-0.3, -0.25) is 4.79 Å². The first-order valence-electron chi connectivity index (χ1n) is 6.58. The summed E-state index contributed by atoms with van der Waals surface area (Å²) in [4.78, 5) is 13.7. The highest BCUT2D eigenvalue weighted by molar-refractivity contribution is 5.78. The zero-order chi connectivity index (χ0) is 13.1. The highest BCUT2D eigenvalue weighted by Crippen LogP contribution is 2.22. The fourth-order valence-electron chi connectivity index (χ4n) is 2.08. The van der Waals surface area contributed by atoms with Gasteiger partial charge in [-0.25, -0.2) is 0 Å². The molecule has 0 unspecified atom stereocenters. The Kier molecular flexibility index (Phi) is 4.95. The maximum atomic E-state index is 11.8. The summed E-state index contributed by atoms with van der Waals surface area (Å²) in [5.41, 5.74) is -0.641. The standard InChI is InChI=1S/C13H26N2O2/c1-10(2)12(16)15-7-5-13(17,6-8-15)9-14-11(3)4/h10-11,14,17H,5-9H2,1-4H3. The lowest BCUT2D eigenvalue weighted by Gasteiger charge is -2.39. The Balaban J connectivity index is 2.41. The van der Waals surface area contributed by atoms with Crippen LogP contribution in [-0.4, -0.2) is 47.2 Å². The van der Waals surface area contributed by atoms with Gasteiger partial charge in [0.2, 0.25) is 5.91 Å². The number of nitrogens with one attached hydrogen (secondary N) is 1. The fraction of sp³-hybridized carbons (Fsp3) is 0.923. The maximum Gasteiger partial charge on any atom is 0.225 e. The molecule has 1 rings (SSSR count). The van der Waals surface area contributed by atoms with Crippen LogP contribution in [0.15, 0.2) is 0 Å². The molecule has 0 aromatic rings. The largest absolute Gasteiger partial charge is 0.388 e. The molecule has 0 atom stereocenters. The summed E-state index contributed by atoms with van der Waals surface area (Å²) >= 11 is 0. The average Bonchev–Trinajstić information content (AvgIpc) is 2.27. The number of hydrogen-bond donors (Lipinski definition) is 2. The fourth-order valence-corrected chi connectivity index (χ4v) is 2.08. The predicted molar refractivity (Wildman–Crippen MR) is 68.7 cm³/mol. The Morgan fingerprint density at radius 1 is 1.29 bits per heavy atom. The van der Waals surface area contributed by atoms with Gasteiger partial charge in [-0.15, -0.1) is 0 Å². The maximum absolute atomic E-state index is 11.8. The summed E-state index contributed by atoms with van der Waals surface area (Å²) in [6, 6.07) is 0.384. The number of piperidine rings is 1. The molecule has 0 aromatic heterocycles. The van der Waals surface area contributed by atoms with Crippen LogP contribution in [0.4, 0.5) is 0 Å². The van der Waals surface area contributed by atoms with Gasteiger partial charge in [0.25, 0.3) is 0 Å². The number of likely N-dealkylation sites (tertiary alicyclic amines) is 1. The number of amides is 1. The number of carbonyl (C=O) groups excluding carboxylic acids is 1. The van der Waals surface area contributed by atoms with E-state index in [1.165, 1.54) is 0 Å². The van der Waals surface area contributed by atoms with Crippen LogP contribution >= 0.6 is 0 Å². The molecule has 17 heavy (non-hydrogen) atoms. The third-order valence-electron chi connectivity index (χ3n) is 3.34. The molecule has 1 aliphatic rings. The van der Waals surface area contributed by atoms with Crippen LogP contribution in [0.2, 0.25) is 0 Å². The second-order valence-corrected chi connectivity index (χ2v) is 5.74. The molecular formula is C13H26N2O2. The SMILES string of the molecule is CC(C)NCC1(O)CCN(C(=O)C(C)C)CC1. The van der Waals surface area contributed by atoms with Crippen molar-refractivity contribution in [2.45, 2.75) is 52.2 Å². The second-order valence-electron chi connectivity index (χ2n) is 5.74. The molecule has 1 amide bonds. The van der Waals surface area contributed by atoms with E-state index in [4.69, 9.17) is 0 Å². The summed E-state index contributed by atoms with van der Waals surface area (Å²) < 4.78 is 0. The van der Waals surface area contributed by atoms with Crippen LogP contribution < -0.4 is 5.32 Å². The van der Waals surface area contributed by atoms with Crippen molar-refractivity contribution >= 4 is 5.91 Å². The minimum Gasteiger partial charge on any atom is -0.388 e. The first kappa shape index (κ1) is 14.5. The van der Waals surface area contributed by atoms with Crippen molar-refractivity contribution in [2.75, 3.05) is 19.6 Å². The first-order chi connectivity index (χ1) is 7.84. The van der Waals surface area contributed by atoms with E-state index in [1.54, 1.807) is 0 Å². The molecule has 0 aliphatic carbocycles. The molecule has 4 nitrogen and oxygen atoms in total. The number of carbonyl (C=O) groups is 1. The predicted octanol–water partition coefficient (Wildman–Crippen LogP) is 0.994. The Bertz CT molecular complexity index is 256. The molecule has 0 spiro atoms. The van der Waals surface area contributed by atoms with E-state index < -0.39 is 5.60 Å². The van der Waals surface area contributed by atoms with Gasteiger partial charge >= 0.3 is 0 Å². The van der Waals surface area contributed by atoms with Crippen molar-refractivity contribution in [3.63, 3.8) is 0 Å². The lowest BCUT2D eigenvalue weighted by Crippen LogP contribution is -2.52. The quantitative estimate of drug-likeness (QED) is 0.773. The van der Waals surface area contributed by atoms with Crippen LogP contribution in [0.5, 0.6) is 0 Å². The van der Waals surface area contributed by atoms with E-state index in [0.717, 1.165) is 0 Å². The third kappa shape index (κ3) is 4.28. The summed E-state index contributed by atoms with van der Waals surface area (Å²) in [7, 11) is 0. The van der Waals surface area contributed by atoms with Gasteiger partial charge in [0, 0.05) is 31.6 Å². The van der Waals surface area contributed by atoms with Gasteiger partial charge in [0.1, 0.15) is 0 Å². The molecule has 4 heteroatoms. The van der Waals surface area contributed by atoms with E-state index in [-0.39, 0.29) is 11.8 Å². The van der Waals surface area contributed by atoms with Crippen LogP contribution in [-0.2, 0) is 4.79 Å². The Labute approximate surface area is 104 Å². The number of rotatable bonds is 4. The number of nitrogens with zero attached hydrogens (tertiary/aromatic N) is 1. The number of aliphatic hydroxyl groups is 1. The van der Waals surface area contributed by atoms with Gasteiger partial charge in [-0.1, -0.05) is 27.7 Å². The lowest BCUT2D eigenvalue weighted by atomic mass is 9.90. The number of hydrogen-bond acceptors (Lipinski definition) is 3. The van der Waals surface area contributed by atoms with E-state index in [9.17, 15) is 9.90 Å². The highest BCUT2D eigenvalue weighted by atomic mass is 16.3. The van der Waals surface area contributed by atoms with Crippen molar-refractivity contribution in [2.24, 2.45) is 5.92 Å². The van der Waals surface area contributed by atoms with E-state index >= 15 is 0 Å². The van der Waals surface area contributed by atoms with Crippen molar-refractivity contribution in [3.05, 3.63) is 0 Å². The van der Waals surface area contributed by atoms with E-state index in [1.807, 2.05) is 18.7 Å². The summed E-state index contributed by atoms with van der Waals surface area (Å²) in [5, 5.41) is 13.6. The van der Waals surface area contributed by atoms with Gasteiger partial charge in [-0.2, -0.15) is 0 Å². The van der Waals surface area contributed by atoms with Crippen LogP contribution in [0, 0.1) is 5.92 Å². The zero-order valence-corrected chi connectivity index (χ0v) is 11.5. The summed E-state index contributed by atoms with van der Waals surface area (Å²) in [6.07, 6.45) is 1.34. The first-order valence-corrected chi connectivity index (χ1v) is 6.58. The van der Waals surface area contributed by atoms with E-state index in [2.05, 4.69) is 19.2 Å². The molecular weight excluding hydrogens is 216 g/mol. The molecule has 0 saturated carbocycles. The second kappa shape index (κ2) is 5.83. The van der Waals surface area contributed by atoms with Crippen molar-refractivity contribution < 1.29 is 9.90 Å². The topological polar surface area (TPSA) is 52.6 Å². The van der Waals surface area contributed by atoms with Gasteiger partial charge < -0.3 is 15.3 Å². The molecule has 2 N–H and O–H groups in total. The molecule has 0 radical (unpaired) electrons. The minimum absolute atomic E-state index is 0.0509. The van der Waals surface area contributed by atoms with Crippen LogP contribution in [0.25, 0.3) is 0 Å². The Hall–Kier alpha value is -0.610. The van der Waals surface area contributed by atoms with Gasteiger partial charge in [0.15, 0.2) is 0 Å². The van der Waals surface area contributed by atoms with Crippen LogP contribution in [0.3, 0.4) is 0 Å². The molecule has 1 saturated heterocycles. The highest BCUT2D eigenvalue weighted by Gasteiger charge is 2.34. The smallest absolute Gasteiger partial charge is 0.225 e. The Morgan fingerprint density at radius 3 is 2.24 bits per heavy atom. The molecule has 0 aromatic carbocycles. The molecule has 100 valence electrons. The summed E-state index contributed by atoms with van der Waals surface area (Å²) in [5.74, 6) is 0.249. The molecule has 0 bridgehead atoms. The minimum atomic E-state index is -0.641. The van der Waals surface area contributed by atoms with E-state index in [0.29, 0.717) is 38.5 Å². The molecule has 1 fully saturated rings. The molecule has 1 aliphatic heterocycles. The van der Waals surface area contributed by atoms with Gasteiger partial charge in [-0.05, 0) is 12.8 Å². The summed E-state index contributed by atoms with van der Waals surface area (Å²) in [6.45, 7) is 9.95. The zero-order valence-electron chi connectivity index (χ0n) is 11.5. The average molecular weight is 242 g/mol.